The second-order valence-electron chi connectivity index (χ2n) is 6.29. The summed E-state index contributed by atoms with van der Waals surface area (Å²) in [4.78, 5) is 25.1. The zero-order valence-electron chi connectivity index (χ0n) is 15.4. The first kappa shape index (κ1) is 19.5. The van der Waals surface area contributed by atoms with Crippen molar-refractivity contribution in [3.63, 3.8) is 0 Å². The van der Waals surface area contributed by atoms with E-state index in [-0.39, 0.29) is 30.9 Å². The van der Waals surface area contributed by atoms with Crippen molar-refractivity contribution in [3.8, 4) is 5.75 Å². The van der Waals surface area contributed by atoms with Gasteiger partial charge >= 0.3 is 0 Å². The van der Waals surface area contributed by atoms with Crippen molar-refractivity contribution in [2.75, 3.05) is 32.6 Å². The first-order valence-corrected chi connectivity index (χ1v) is 8.57. The number of nitrogens with one attached hydrogen (secondary N) is 3. The van der Waals surface area contributed by atoms with Crippen LogP contribution in [0.5, 0.6) is 5.75 Å². The van der Waals surface area contributed by atoms with Crippen LogP contribution < -0.4 is 20.3 Å². The molecule has 2 aromatic carbocycles. The minimum atomic E-state index is -0.153. The minimum Gasteiger partial charge on any atom is -0.497 e. The molecule has 3 N–H and O–H groups in total. The lowest BCUT2D eigenvalue weighted by molar-refractivity contribution is -0.862. The van der Waals surface area contributed by atoms with Crippen LogP contribution in [-0.2, 0) is 9.59 Å². The van der Waals surface area contributed by atoms with Crippen LogP contribution in [-0.4, -0.2) is 39.1 Å². The van der Waals surface area contributed by atoms with Crippen LogP contribution in [0.1, 0.15) is 18.5 Å². The molecule has 138 valence electrons. The van der Waals surface area contributed by atoms with E-state index >= 15 is 0 Å². The van der Waals surface area contributed by atoms with Gasteiger partial charge in [-0.3, -0.25) is 9.59 Å². The predicted molar refractivity (Wildman–Crippen MR) is 101 cm³/mol. The maximum absolute atomic E-state index is 12.2. The Hall–Kier alpha value is -2.86. The molecule has 0 saturated heterocycles. The molecule has 26 heavy (non-hydrogen) atoms. The van der Waals surface area contributed by atoms with Gasteiger partial charge in [-0.15, -0.1) is 0 Å². The number of benzene rings is 2. The third kappa shape index (κ3) is 6.22. The maximum atomic E-state index is 12.2. The number of hydrogen-bond acceptors (Lipinski definition) is 3. The van der Waals surface area contributed by atoms with Gasteiger partial charge in [-0.25, -0.2) is 0 Å². The van der Waals surface area contributed by atoms with E-state index in [4.69, 9.17) is 4.74 Å². The Morgan fingerprint density at radius 3 is 2.42 bits per heavy atom. The van der Waals surface area contributed by atoms with E-state index in [1.807, 2.05) is 56.4 Å². The van der Waals surface area contributed by atoms with E-state index in [1.165, 1.54) is 0 Å². The van der Waals surface area contributed by atoms with Gasteiger partial charge in [-0.05, 0) is 24.6 Å². The Labute approximate surface area is 154 Å². The van der Waals surface area contributed by atoms with Crippen LogP contribution in [0.4, 0.5) is 5.69 Å². The molecule has 0 aliphatic rings. The lowest BCUT2D eigenvalue weighted by atomic mass is 10.1. The summed E-state index contributed by atoms with van der Waals surface area (Å²) in [5.74, 6) is 0.436. The normalized spacial score (nSPS) is 12.7. The molecule has 0 heterocycles. The van der Waals surface area contributed by atoms with Crippen molar-refractivity contribution >= 4 is 17.5 Å². The van der Waals surface area contributed by atoms with E-state index in [1.54, 1.807) is 19.2 Å². The van der Waals surface area contributed by atoms with Gasteiger partial charge < -0.3 is 20.3 Å². The summed E-state index contributed by atoms with van der Waals surface area (Å²) in [6, 6.07) is 16.9. The van der Waals surface area contributed by atoms with Crippen molar-refractivity contribution < 1.29 is 19.2 Å². The average molecular weight is 356 g/mol. The van der Waals surface area contributed by atoms with Crippen LogP contribution in [0.2, 0.25) is 0 Å². The SMILES string of the molecule is COc1cccc(NC(=O)C[NH+](C)CC(=O)N[C@H](C)c2ccccc2)c1. The summed E-state index contributed by atoms with van der Waals surface area (Å²) >= 11 is 0. The van der Waals surface area contributed by atoms with E-state index in [2.05, 4.69) is 10.6 Å². The second kappa shape index (κ2) is 9.58. The van der Waals surface area contributed by atoms with Gasteiger partial charge in [0.05, 0.1) is 20.2 Å². The molecule has 6 nitrogen and oxygen atoms in total. The van der Waals surface area contributed by atoms with Crippen molar-refractivity contribution in [1.82, 2.24) is 5.32 Å². The number of hydrogen-bond donors (Lipinski definition) is 3. The molecular formula is C20H26N3O3+. The molecular weight excluding hydrogens is 330 g/mol. The van der Waals surface area contributed by atoms with E-state index in [0.29, 0.717) is 11.4 Å². The highest BCUT2D eigenvalue weighted by Gasteiger charge is 2.16. The third-order valence-electron chi connectivity index (χ3n) is 3.96. The van der Waals surface area contributed by atoms with Crippen molar-refractivity contribution in [2.24, 2.45) is 0 Å². The monoisotopic (exact) mass is 356 g/mol. The molecule has 0 aliphatic carbocycles. The summed E-state index contributed by atoms with van der Waals surface area (Å²) in [5.41, 5.74) is 1.72. The summed E-state index contributed by atoms with van der Waals surface area (Å²) in [5, 5.41) is 5.77. The van der Waals surface area contributed by atoms with E-state index in [0.717, 1.165) is 10.5 Å². The standard InChI is InChI=1S/C20H25N3O3/c1-15(16-8-5-4-6-9-16)21-19(24)13-23(2)14-20(25)22-17-10-7-11-18(12-17)26-3/h4-12,15H,13-14H2,1-3H3,(H,21,24)(H,22,25)/p+1/t15-/m1/s1. The zero-order valence-corrected chi connectivity index (χ0v) is 15.4. The van der Waals surface area contributed by atoms with Crippen molar-refractivity contribution in [2.45, 2.75) is 13.0 Å². The van der Waals surface area contributed by atoms with Crippen molar-refractivity contribution in [3.05, 3.63) is 60.2 Å². The number of likely N-dealkylation sites (N-methyl/N-ethyl adjacent to an activating group) is 1. The lowest BCUT2D eigenvalue weighted by Gasteiger charge is -2.17. The molecule has 0 bridgehead atoms. The fourth-order valence-corrected chi connectivity index (χ4v) is 2.63. The number of ether oxygens (including phenoxy) is 1. The van der Waals surface area contributed by atoms with Crippen LogP contribution in [0.3, 0.4) is 0 Å². The van der Waals surface area contributed by atoms with Gasteiger partial charge in [0, 0.05) is 11.8 Å². The van der Waals surface area contributed by atoms with Crippen LogP contribution in [0.15, 0.2) is 54.6 Å². The largest absolute Gasteiger partial charge is 0.497 e. The Morgan fingerprint density at radius 1 is 1.04 bits per heavy atom. The molecule has 0 spiro atoms. The third-order valence-corrected chi connectivity index (χ3v) is 3.96. The highest BCUT2D eigenvalue weighted by atomic mass is 16.5. The first-order chi connectivity index (χ1) is 12.5. The molecule has 0 saturated carbocycles. The zero-order chi connectivity index (χ0) is 18.9. The van der Waals surface area contributed by atoms with Gasteiger partial charge in [-0.2, -0.15) is 0 Å². The first-order valence-electron chi connectivity index (χ1n) is 8.57. The summed E-state index contributed by atoms with van der Waals surface area (Å²) in [7, 11) is 3.39. The maximum Gasteiger partial charge on any atom is 0.279 e. The number of amides is 2. The fraction of sp³-hybridized carbons (Fsp3) is 0.300. The molecule has 2 aromatic rings. The molecule has 1 unspecified atom stereocenters. The number of anilines is 1. The molecule has 6 heteroatoms. The summed E-state index contributed by atoms with van der Waals surface area (Å²) < 4.78 is 5.13. The highest BCUT2D eigenvalue weighted by molar-refractivity contribution is 5.91. The van der Waals surface area contributed by atoms with Gasteiger partial charge in [0.2, 0.25) is 0 Å². The van der Waals surface area contributed by atoms with Crippen LogP contribution >= 0.6 is 0 Å². The molecule has 0 aliphatic heterocycles. The number of carbonyl (C=O) groups is 2. The van der Waals surface area contributed by atoms with Crippen molar-refractivity contribution in [1.29, 1.82) is 0 Å². The Bertz CT molecular complexity index is 734. The van der Waals surface area contributed by atoms with Gasteiger partial charge in [-0.1, -0.05) is 36.4 Å². The van der Waals surface area contributed by atoms with Gasteiger partial charge in [0.25, 0.3) is 11.8 Å². The average Bonchev–Trinajstić information content (AvgIpc) is 2.62. The summed E-state index contributed by atoms with van der Waals surface area (Å²) in [6.07, 6.45) is 0. The molecule has 0 radical (unpaired) electrons. The second-order valence-corrected chi connectivity index (χ2v) is 6.29. The Kier molecular flexibility index (Phi) is 7.17. The lowest BCUT2D eigenvalue weighted by Crippen LogP contribution is -3.11. The van der Waals surface area contributed by atoms with E-state index < -0.39 is 0 Å². The number of methoxy groups -OCH3 is 1. The molecule has 2 atom stereocenters. The number of rotatable bonds is 8. The number of carbonyl (C=O) groups excluding carboxylic acids is 2. The molecule has 2 rings (SSSR count). The topological polar surface area (TPSA) is 71.9 Å². The minimum absolute atomic E-state index is 0.0675. The quantitative estimate of drug-likeness (QED) is 0.661. The fourth-order valence-electron chi connectivity index (χ4n) is 2.63. The summed E-state index contributed by atoms with van der Waals surface area (Å²) in [6.45, 7) is 2.37. The predicted octanol–water partition coefficient (Wildman–Crippen LogP) is 1.03. The molecule has 2 amide bonds. The van der Waals surface area contributed by atoms with Crippen LogP contribution in [0.25, 0.3) is 0 Å². The van der Waals surface area contributed by atoms with E-state index in [9.17, 15) is 9.59 Å². The van der Waals surface area contributed by atoms with Gasteiger partial charge in [0.15, 0.2) is 13.1 Å². The number of quaternary nitrogens is 1. The van der Waals surface area contributed by atoms with Crippen LogP contribution in [0, 0.1) is 0 Å². The Balaban J connectivity index is 1.78. The highest BCUT2D eigenvalue weighted by Crippen LogP contribution is 2.16. The van der Waals surface area contributed by atoms with Gasteiger partial charge in [0.1, 0.15) is 5.75 Å². The molecule has 0 aromatic heterocycles. The Morgan fingerprint density at radius 2 is 1.73 bits per heavy atom. The molecule has 0 fully saturated rings. The smallest absolute Gasteiger partial charge is 0.279 e.